The minimum Gasteiger partial charge on any atom is -0.481 e. The predicted molar refractivity (Wildman–Crippen MR) is 95.1 cm³/mol. The SMILES string of the molecule is O=C(O)CCCC(=O)N1N=C(c2ccco2)C[C@H]1c1cccc(Br)c1. The second-order valence-corrected chi connectivity index (χ2v) is 6.70. The van der Waals surface area contributed by atoms with Crippen molar-refractivity contribution in [3.05, 3.63) is 58.5 Å². The van der Waals surface area contributed by atoms with Gasteiger partial charge in [-0.2, -0.15) is 5.10 Å². The van der Waals surface area contributed by atoms with Gasteiger partial charge in [0.05, 0.1) is 12.3 Å². The summed E-state index contributed by atoms with van der Waals surface area (Å²) < 4.78 is 6.34. The lowest BCUT2D eigenvalue weighted by Gasteiger charge is -2.22. The van der Waals surface area contributed by atoms with Gasteiger partial charge in [0.15, 0.2) is 0 Å². The Hall–Kier alpha value is -2.41. The van der Waals surface area contributed by atoms with Gasteiger partial charge in [0.2, 0.25) is 5.91 Å². The third-order valence-corrected chi connectivity index (χ3v) is 4.48. The van der Waals surface area contributed by atoms with Crippen molar-refractivity contribution in [3.63, 3.8) is 0 Å². The molecule has 3 rings (SSSR count). The van der Waals surface area contributed by atoms with Crippen LogP contribution in [0.2, 0.25) is 0 Å². The number of amides is 1. The van der Waals surface area contributed by atoms with Crippen LogP contribution in [-0.2, 0) is 9.59 Å². The molecule has 2 aromatic rings. The zero-order chi connectivity index (χ0) is 17.8. The van der Waals surface area contributed by atoms with Gasteiger partial charge in [-0.05, 0) is 36.2 Å². The van der Waals surface area contributed by atoms with E-state index in [9.17, 15) is 9.59 Å². The van der Waals surface area contributed by atoms with Gasteiger partial charge in [-0.1, -0.05) is 28.1 Å². The van der Waals surface area contributed by atoms with Crippen molar-refractivity contribution < 1.29 is 19.1 Å². The first-order valence-electron chi connectivity index (χ1n) is 7.95. The number of aliphatic carboxylic acids is 1. The Kier molecular flexibility index (Phi) is 5.33. The summed E-state index contributed by atoms with van der Waals surface area (Å²) in [5, 5.41) is 14.7. The number of carboxylic acid groups (broad SMARTS) is 1. The summed E-state index contributed by atoms with van der Waals surface area (Å²) in [6.45, 7) is 0. The Morgan fingerprint density at radius 1 is 1.28 bits per heavy atom. The fourth-order valence-electron chi connectivity index (χ4n) is 2.81. The Morgan fingerprint density at radius 3 is 2.80 bits per heavy atom. The number of halogens is 1. The van der Waals surface area contributed by atoms with Crippen LogP contribution in [-0.4, -0.2) is 27.7 Å². The average Bonchev–Trinajstić information content (AvgIpc) is 3.24. The highest BCUT2D eigenvalue weighted by Gasteiger charge is 2.33. The fraction of sp³-hybridized carbons (Fsp3) is 0.278. The molecule has 25 heavy (non-hydrogen) atoms. The van der Waals surface area contributed by atoms with Crippen LogP contribution in [0.4, 0.5) is 0 Å². The zero-order valence-electron chi connectivity index (χ0n) is 13.4. The van der Waals surface area contributed by atoms with Gasteiger partial charge in [0, 0.05) is 23.7 Å². The molecule has 0 spiro atoms. The molecule has 1 aromatic heterocycles. The van der Waals surface area contributed by atoms with E-state index in [0.29, 0.717) is 24.3 Å². The highest BCUT2D eigenvalue weighted by Crippen LogP contribution is 2.34. The maximum Gasteiger partial charge on any atom is 0.303 e. The molecule has 1 aromatic carbocycles. The van der Waals surface area contributed by atoms with Crippen molar-refractivity contribution in [1.82, 2.24) is 5.01 Å². The molecule has 1 atom stereocenters. The Balaban J connectivity index is 1.83. The van der Waals surface area contributed by atoms with Crippen LogP contribution < -0.4 is 0 Å². The van der Waals surface area contributed by atoms with Crippen LogP contribution >= 0.6 is 15.9 Å². The van der Waals surface area contributed by atoms with E-state index in [0.717, 1.165) is 10.0 Å². The molecule has 1 aliphatic rings. The van der Waals surface area contributed by atoms with E-state index >= 15 is 0 Å². The van der Waals surface area contributed by atoms with Gasteiger partial charge in [0.1, 0.15) is 11.5 Å². The number of carboxylic acids is 1. The summed E-state index contributed by atoms with van der Waals surface area (Å²) in [5.41, 5.74) is 1.67. The van der Waals surface area contributed by atoms with Crippen LogP contribution in [0, 0.1) is 0 Å². The van der Waals surface area contributed by atoms with E-state index in [-0.39, 0.29) is 24.8 Å². The maximum atomic E-state index is 12.6. The molecule has 0 radical (unpaired) electrons. The number of rotatable bonds is 6. The third kappa shape index (κ3) is 4.17. The molecule has 6 nitrogen and oxygen atoms in total. The normalized spacial score (nSPS) is 16.8. The van der Waals surface area contributed by atoms with Gasteiger partial charge in [-0.15, -0.1) is 0 Å². The van der Waals surface area contributed by atoms with Gasteiger partial charge < -0.3 is 9.52 Å². The number of carbonyl (C=O) groups excluding carboxylic acids is 1. The number of furan rings is 1. The molecule has 0 saturated carbocycles. The summed E-state index contributed by atoms with van der Waals surface area (Å²) >= 11 is 3.45. The van der Waals surface area contributed by atoms with Crippen LogP contribution in [0.3, 0.4) is 0 Å². The van der Waals surface area contributed by atoms with Crippen LogP contribution in [0.25, 0.3) is 0 Å². The van der Waals surface area contributed by atoms with E-state index in [4.69, 9.17) is 9.52 Å². The van der Waals surface area contributed by atoms with Crippen molar-refractivity contribution in [2.24, 2.45) is 5.10 Å². The smallest absolute Gasteiger partial charge is 0.303 e. The van der Waals surface area contributed by atoms with E-state index in [1.165, 1.54) is 5.01 Å². The number of hydrazone groups is 1. The first-order chi connectivity index (χ1) is 12.0. The highest BCUT2D eigenvalue weighted by atomic mass is 79.9. The van der Waals surface area contributed by atoms with E-state index in [1.807, 2.05) is 30.3 Å². The molecule has 130 valence electrons. The van der Waals surface area contributed by atoms with Gasteiger partial charge >= 0.3 is 5.97 Å². The molecule has 0 aliphatic carbocycles. The van der Waals surface area contributed by atoms with Crippen molar-refractivity contribution in [1.29, 1.82) is 0 Å². The van der Waals surface area contributed by atoms with Crippen LogP contribution in [0.5, 0.6) is 0 Å². The minimum absolute atomic E-state index is 0.0319. The molecule has 1 N–H and O–H groups in total. The minimum atomic E-state index is -0.905. The summed E-state index contributed by atoms with van der Waals surface area (Å²) in [5.74, 6) is -0.453. The lowest BCUT2D eigenvalue weighted by atomic mass is 10.0. The number of benzene rings is 1. The average molecular weight is 405 g/mol. The quantitative estimate of drug-likeness (QED) is 0.788. The standard InChI is InChI=1S/C18H17BrN2O4/c19-13-5-1-4-12(10-13)15-11-14(16-6-3-9-25-16)20-21(15)17(22)7-2-8-18(23)24/h1,3-6,9-10,15H,2,7-8,11H2,(H,23,24)/t15-/m0/s1. The van der Waals surface area contributed by atoms with E-state index < -0.39 is 5.97 Å². The van der Waals surface area contributed by atoms with Gasteiger partial charge in [-0.25, -0.2) is 5.01 Å². The monoisotopic (exact) mass is 404 g/mol. The molecule has 0 unspecified atom stereocenters. The van der Waals surface area contributed by atoms with E-state index in [1.54, 1.807) is 12.3 Å². The molecule has 2 heterocycles. The second kappa shape index (κ2) is 7.65. The molecule has 7 heteroatoms. The highest BCUT2D eigenvalue weighted by molar-refractivity contribution is 9.10. The third-order valence-electron chi connectivity index (χ3n) is 3.99. The predicted octanol–water partition coefficient (Wildman–Crippen LogP) is 3.97. The number of hydrogen-bond donors (Lipinski definition) is 1. The first kappa shape index (κ1) is 17.4. The molecule has 1 amide bonds. The van der Waals surface area contributed by atoms with E-state index in [2.05, 4.69) is 21.0 Å². The number of hydrogen-bond acceptors (Lipinski definition) is 4. The molecule has 0 fully saturated rings. The zero-order valence-corrected chi connectivity index (χ0v) is 15.0. The summed E-state index contributed by atoms with van der Waals surface area (Å²) in [7, 11) is 0. The largest absolute Gasteiger partial charge is 0.481 e. The summed E-state index contributed by atoms with van der Waals surface area (Å²) in [4.78, 5) is 23.3. The fourth-order valence-corrected chi connectivity index (χ4v) is 3.23. The number of carbonyl (C=O) groups is 2. The Labute approximate surface area is 153 Å². The molecular weight excluding hydrogens is 388 g/mol. The van der Waals surface area contributed by atoms with Crippen molar-refractivity contribution in [2.45, 2.75) is 31.7 Å². The lowest BCUT2D eigenvalue weighted by molar-refractivity contribution is -0.137. The second-order valence-electron chi connectivity index (χ2n) is 5.78. The molecular formula is C18H17BrN2O4. The lowest BCUT2D eigenvalue weighted by Crippen LogP contribution is -2.27. The summed E-state index contributed by atoms with van der Waals surface area (Å²) in [6, 6.07) is 11.1. The van der Waals surface area contributed by atoms with Gasteiger partial charge in [-0.3, -0.25) is 9.59 Å². The first-order valence-corrected chi connectivity index (χ1v) is 8.74. The van der Waals surface area contributed by atoms with Crippen LogP contribution in [0.1, 0.15) is 43.0 Å². The maximum absolute atomic E-state index is 12.6. The van der Waals surface area contributed by atoms with Gasteiger partial charge in [0.25, 0.3) is 0 Å². The van der Waals surface area contributed by atoms with Crippen molar-refractivity contribution in [3.8, 4) is 0 Å². The van der Waals surface area contributed by atoms with Crippen molar-refractivity contribution >= 4 is 33.5 Å². The molecule has 1 aliphatic heterocycles. The summed E-state index contributed by atoms with van der Waals surface area (Å²) in [6.07, 6.45) is 2.53. The van der Waals surface area contributed by atoms with Crippen molar-refractivity contribution in [2.75, 3.05) is 0 Å². The number of nitrogens with zero attached hydrogens (tertiary/aromatic N) is 2. The Bertz CT molecular complexity index is 801. The van der Waals surface area contributed by atoms with Crippen LogP contribution in [0.15, 0.2) is 56.7 Å². The molecule has 0 saturated heterocycles. The molecule has 0 bridgehead atoms. The Morgan fingerprint density at radius 2 is 2.12 bits per heavy atom. The topological polar surface area (TPSA) is 83.1 Å².